The van der Waals surface area contributed by atoms with Crippen molar-refractivity contribution in [2.75, 3.05) is 31.6 Å². The zero-order valence-corrected chi connectivity index (χ0v) is 16.4. The number of likely N-dealkylation sites (tertiary alicyclic amines) is 1. The Morgan fingerprint density at radius 3 is 2.41 bits per heavy atom. The van der Waals surface area contributed by atoms with Crippen LogP contribution >= 0.6 is 0 Å². The van der Waals surface area contributed by atoms with E-state index in [1.807, 2.05) is 42.2 Å². The van der Waals surface area contributed by atoms with E-state index in [2.05, 4.69) is 35.2 Å². The minimum Gasteiger partial charge on any atom is -0.378 e. The molecular weight excluding hydrogens is 336 g/mol. The highest BCUT2D eigenvalue weighted by Gasteiger charge is 2.36. The molecule has 4 heteroatoms. The fourth-order valence-electron chi connectivity index (χ4n) is 3.91. The van der Waals surface area contributed by atoms with E-state index in [1.54, 1.807) is 7.11 Å². The molecule has 2 atom stereocenters. The SMILES string of the molecule is CCC(=O)N(c1ccccc1)[C@H]1CCN(CCc2ccccc2)C[C@H]1OC. The third-order valence-electron chi connectivity index (χ3n) is 5.41. The molecule has 1 aliphatic rings. The fraction of sp³-hybridized carbons (Fsp3) is 0.435. The number of hydrogen-bond donors (Lipinski definition) is 0. The quantitative estimate of drug-likeness (QED) is 0.748. The minimum atomic E-state index is 0.0187. The molecule has 1 fully saturated rings. The van der Waals surface area contributed by atoms with Gasteiger partial charge in [-0.25, -0.2) is 0 Å². The van der Waals surface area contributed by atoms with Crippen LogP contribution in [0.1, 0.15) is 25.3 Å². The van der Waals surface area contributed by atoms with Crippen molar-refractivity contribution in [1.29, 1.82) is 0 Å². The van der Waals surface area contributed by atoms with E-state index >= 15 is 0 Å². The van der Waals surface area contributed by atoms with Gasteiger partial charge in [-0.2, -0.15) is 0 Å². The number of piperidine rings is 1. The highest BCUT2D eigenvalue weighted by atomic mass is 16.5. The number of carbonyl (C=O) groups is 1. The van der Waals surface area contributed by atoms with Crippen molar-refractivity contribution in [2.45, 2.75) is 38.3 Å². The van der Waals surface area contributed by atoms with Gasteiger partial charge >= 0.3 is 0 Å². The number of rotatable bonds is 7. The maximum atomic E-state index is 12.7. The molecule has 3 rings (SSSR count). The lowest BCUT2D eigenvalue weighted by Crippen LogP contribution is -2.57. The Balaban J connectivity index is 1.68. The van der Waals surface area contributed by atoms with Gasteiger partial charge in [-0.3, -0.25) is 4.79 Å². The lowest BCUT2D eigenvalue weighted by Gasteiger charge is -2.43. The molecule has 0 N–H and O–H groups in total. The van der Waals surface area contributed by atoms with E-state index in [0.717, 1.165) is 38.2 Å². The Morgan fingerprint density at radius 2 is 1.78 bits per heavy atom. The smallest absolute Gasteiger partial charge is 0.227 e. The third-order valence-corrected chi connectivity index (χ3v) is 5.41. The number of benzene rings is 2. The van der Waals surface area contributed by atoms with Crippen LogP contribution < -0.4 is 4.90 Å². The largest absolute Gasteiger partial charge is 0.378 e. The van der Waals surface area contributed by atoms with Gasteiger partial charge in [-0.15, -0.1) is 0 Å². The summed E-state index contributed by atoms with van der Waals surface area (Å²) in [7, 11) is 1.76. The molecule has 0 bridgehead atoms. The second-order valence-electron chi connectivity index (χ2n) is 7.12. The van der Waals surface area contributed by atoms with E-state index in [4.69, 9.17) is 4.74 Å². The van der Waals surface area contributed by atoms with Crippen LogP contribution in [0.2, 0.25) is 0 Å². The van der Waals surface area contributed by atoms with Crippen LogP contribution in [0.15, 0.2) is 60.7 Å². The third kappa shape index (κ3) is 4.96. The molecule has 0 unspecified atom stereocenters. The van der Waals surface area contributed by atoms with Crippen LogP contribution in [0, 0.1) is 0 Å². The van der Waals surface area contributed by atoms with E-state index in [-0.39, 0.29) is 18.1 Å². The first kappa shape index (κ1) is 19.6. The molecule has 0 radical (unpaired) electrons. The van der Waals surface area contributed by atoms with Gasteiger partial charge in [-0.1, -0.05) is 55.5 Å². The van der Waals surface area contributed by atoms with E-state index in [1.165, 1.54) is 5.56 Å². The number of methoxy groups -OCH3 is 1. The maximum absolute atomic E-state index is 12.7. The Kier molecular flexibility index (Phi) is 7.02. The molecule has 144 valence electrons. The van der Waals surface area contributed by atoms with Crippen molar-refractivity contribution in [3.63, 3.8) is 0 Å². The van der Waals surface area contributed by atoms with E-state index < -0.39 is 0 Å². The predicted octanol–water partition coefficient (Wildman–Crippen LogP) is 3.76. The summed E-state index contributed by atoms with van der Waals surface area (Å²) in [5.74, 6) is 0.158. The van der Waals surface area contributed by atoms with Gasteiger partial charge in [0.25, 0.3) is 0 Å². The van der Waals surface area contributed by atoms with Gasteiger partial charge in [0.2, 0.25) is 5.91 Å². The molecule has 1 amide bonds. The molecule has 27 heavy (non-hydrogen) atoms. The number of amides is 1. The summed E-state index contributed by atoms with van der Waals surface area (Å²) in [6, 6.07) is 20.7. The molecule has 1 saturated heterocycles. The number of ether oxygens (including phenoxy) is 1. The Bertz CT molecular complexity index is 705. The van der Waals surface area contributed by atoms with Gasteiger partial charge in [-0.05, 0) is 30.5 Å². The van der Waals surface area contributed by atoms with E-state index in [9.17, 15) is 4.79 Å². The summed E-state index contributed by atoms with van der Waals surface area (Å²) < 4.78 is 5.85. The van der Waals surface area contributed by atoms with Crippen molar-refractivity contribution in [2.24, 2.45) is 0 Å². The summed E-state index contributed by atoms with van der Waals surface area (Å²) in [5, 5.41) is 0. The summed E-state index contributed by atoms with van der Waals surface area (Å²) in [6.45, 7) is 4.78. The Hall–Kier alpha value is -2.17. The summed E-state index contributed by atoms with van der Waals surface area (Å²) in [6.07, 6.45) is 2.48. The number of para-hydroxylation sites is 1. The van der Waals surface area contributed by atoms with Crippen LogP contribution in [-0.4, -0.2) is 49.7 Å². The molecule has 2 aromatic carbocycles. The standard InChI is InChI=1S/C23H30N2O2/c1-3-23(26)25(20-12-8-5-9-13-20)21-15-17-24(18-22(21)27-2)16-14-19-10-6-4-7-11-19/h4-13,21-22H,3,14-18H2,1-2H3/t21-,22+/m0/s1. The monoisotopic (exact) mass is 366 g/mol. The number of carbonyl (C=O) groups excluding carboxylic acids is 1. The van der Waals surface area contributed by atoms with Crippen molar-refractivity contribution in [3.8, 4) is 0 Å². The topological polar surface area (TPSA) is 32.8 Å². The van der Waals surface area contributed by atoms with Crippen LogP contribution in [0.25, 0.3) is 0 Å². The normalized spacial score (nSPS) is 20.4. The molecule has 1 aliphatic heterocycles. The summed E-state index contributed by atoms with van der Waals surface area (Å²) in [4.78, 5) is 17.1. The highest BCUT2D eigenvalue weighted by molar-refractivity contribution is 5.93. The molecule has 0 saturated carbocycles. The Labute approximate surface area is 162 Å². The molecule has 0 spiro atoms. The van der Waals surface area contributed by atoms with Gasteiger partial charge < -0.3 is 14.5 Å². The summed E-state index contributed by atoms with van der Waals surface area (Å²) in [5.41, 5.74) is 2.33. The Morgan fingerprint density at radius 1 is 1.11 bits per heavy atom. The first-order valence-corrected chi connectivity index (χ1v) is 9.89. The fourth-order valence-corrected chi connectivity index (χ4v) is 3.91. The second kappa shape index (κ2) is 9.67. The van der Waals surface area contributed by atoms with Gasteiger partial charge in [0.05, 0.1) is 12.1 Å². The average Bonchev–Trinajstić information content (AvgIpc) is 2.74. The lowest BCUT2D eigenvalue weighted by molar-refractivity contribution is -0.120. The van der Waals surface area contributed by atoms with Crippen molar-refractivity contribution >= 4 is 11.6 Å². The van der Waals surface area contributed by atoms with Gasteiger partial charge in [0.15, 0.2) is 0 Å². The first-order valence-electron chi connectivity index (χ1n) is 9.89. The molecule has 0 aromatic heterocycles. The second-order valence-corrected chi connectivity index (χ2v) is 7.12. The minimum absolute atomic E-state index is 0.0187. The maximum Gasteiger partial charge on any atom is 0.227 e. The number of anilines is 1. The molecular formula is C23H30N2O2. The molecule has 1 heterocycles. The zero-order valence-electron chi connectivity index (χ0n) is 16.4. The van der Waals surface area contributed by atoms with E-state index in [0.29, 0.717) is 6.42 Å². The molecule has 2 aromatic rings. The van der Waals surface area contributed by atoms with Crippen LogP contribution in [0.3, 0.4) is 0 Å². The lowest BCUT2D eigenvalue weighted by atomic mass is 9.98. The molecule has 4 nitrogen and oxygen atoms in total. The van der Waals surface area contributed by atoms with Crippen LogP contribution in [0.4, 0.5) is 5.69 Å². The first-order chi connectivity index (χ1) is 13.2. The predicted molar refractivity (Wildman–Crippen MR) is 110 cm³/mol. The van der Waals surface area contributed by atoms with Crippen molar-refractivity contribution < 1.29 is 9.53 Å². The van der Waals surface area contributed by atoms with Gasteiger partial charge in [0.1, 0.15) is 0 Å². The van der Waals surface area contributed by atoms with Crippen LogP contribution in [0.5, 0.6) is 0 Å². The van der Waals surface area contributed by atoms with Crippen molar-refractivity contribution in [1.82, 2.24) is 4.90 Å². The number of nitrogens with zero attached hydrogens (tertiary/aromatic N) is 2. The van der Waals surface area contributed by atoms with Crippen molar-refractivity contribution in [3.05, 3.63) is 66.2 Å². The van der Waals surface area contributed by atoms with Gasteiger partial charge in [0, 0.05) is 38.9 Å². The summed E-state index contributed by atoms with van der Waals surface area (Å²) >= 11 is 0. The zero-order chi connectivity index (χ0) is 19.1. The van der Waals surface area contributed by atoms with Crippen LogP contribution in [-0.2, 0) is 16.0 Å². The average molecular weight is 367 g/mol. The number of hydrogen-bond acceptors (Lipinski definition) is 3. The highest BCUT2D eigenvalue weighted by Crippen LogP contribution is 2.26. The molecule has 0 aliphatic carbocycles.